The number of rotatable bonds is 1. The van der Waals surface area contributed by atoms with Crippen molar-refractivity contribution in [3.8, 4) is 11.3 Å². The molecular weight excluding hydrogens is 138 g/mol. The monoisotopic (exact) mass is 144 g/mol. The lowest BCUT2D eigenvalue weighted by Crippen LogP contribution is -1.75. The van der Waals surface area contributed by atoms with Gasteiger partial charge in [0, 0.05) is 5.56 Å². The minimum absolute atomic E-state index is 0.755. The summed E-state index contributed by atoms with van der Waals surface area (Å²) >= 11 is 0. The highest BCUT2D eigenvalue weighted by molar-refractivity contribution is 5.56. The Morgan fingerprint density at radius 3 is 2.64 bits per heavy atom. The summed E-state index contributed by atoms with van der Waals surface area (Å²) in [6, 6.07) is 9.81. The zero-order valence-electron chi connectivity index (χ0n) is 5.78. The van der Waals surface area contributed by atoms with E-state index in [1.807, 2.05) is 30.3 Å². The quantitative estimate of drug-likeness (QED) is 0.654. The Kier molecular flexibility index (Phi) is 1.41. The highest BCUT2D eigenvalue weighted by atomic mass is 15.3. The molecule has 3 nitrogen and oxygen atoms in total. The second-order valence-corrected chi connectivity index (χ2v) is 2.15. The van der Waals surface area contributed by atoms with Crippen molar-refractivity contribution in [3.63, 3.8) is 0 Å². The van der Waals surface area contributed by atoms with E-state index in [1.165, 1.54) is 0 Å². The van der Waals surface area contributed by atoms with E-state index in [9.17, 15) is 0 Å². The third-order valence-electron chi connectivity index (χ3n) is 1.42. The molecule has 2 rings (SSSR count). The van der Waals surface area contributed by atoms with E-state index in [2.05, 4.69) is 21.6 Å². The van der Waals surface area contributed by atoms with Crippen molar-refractivity contribution in [2.75, 3.05) is 0 Å². The first-order chi connectivity index (χ1) is 5.47. The predicted molar refractivity (Wildman–Crippen MR) is 40.7 cm³/mol. The first-order valence-electron chi connectivity index (χ1n) is 3.31. The average molecular weight is 144 g/mol. The van der Waals surface area contributed by atoms with Crippen LogP contribution in [0, 0.1) is 6.20 Å². The minimum atomic E-state index is 0.755. The van der Waals surface area contributed by atoms with Gasteiger partial charge < -0.3 is 0 Å². The summed E-state index contributed by atoms with van der Waals surface area (Å²) in [6.07, 6.45) is 2.81. The van der Waals surface area contributed by atoms with Gasteiger partial charge in [0.25, 0.3) is 0 Å². The molecule has 0 saturated heterocycles. The van der Waals surface area contributed by atoms with Gasteiger partial charge in [-0.2, -0.15) is 0 Å². The number of aromatic amines is 1. The summed E-state index contributed by atoms with van der Waals surface area (Å²) in [6.45, 7) is 0. The first kappa shape index (κ1) is 6.09. The highest BCUT2D eigenvalue weighted by Gasteiger charge is 1.97. The van der Waals surface area contributed by atoms with Crippen molar-refractivity contribution in [1.82, 2.24) is 15.4 Å². The molecule has 0 aliphatic carbocycles. The number of aromatic nitrogens is 3. The van der Waals surface area contributed by atoms with Gasteiger partial charge in [-0.1, -0.05) is 35.5 Å². The SMILES string of the molecule is [c]1[nH]nnc1-c1ccccc1. The normalized spacial score (nSPS) is 9.82. The lowest BCUT2D eigenvalue weighted by molar-refractivity contribution is 0.940. The fourth-order valence-corrected chi connectivity index (χ4v) is 0.904. The highest BCUT2D eigenvalue weighted by Crippen LogP contribution is 2.12. The molecule has 0 spiro atoms. The lowest BCUT2D eigenvalue weighted by atomic mass is 10.2. The van der Waals surface area contributed by atoms with Gasteiger partial charge in [-0.25, -0.2) is 0 Å². The van der Waals surface area contributed by atoms with Gasteiger partial charge in [-0.15, -0.1) is 5.10 Å². The van der Waals surface area contributed by atoms with Crippen LogP contribution >= 0.6 is 0 Å². The summed E-state index contributed by atoms with van der Waals surface area (Å²) in [5.74, 6) is 0. The van der Waals surface area contributed by atoms with Crippen LogP contribution in [0.3, 0.4) is 0 Å². The average Bonchev–Trinajstić information content (AvgIpc) is 2.58. The van der Waals surface area contributed by atoms with Crippen molar-refractivity contribution in [1.29, 1.82) is 0 Å². The van der Waals surface area contributed by atoms with E-state index >= 15 is 0 Å². The molecule has 0 atom stereocenters. The summed E-state index contributed by atoms with van der Waals surface area (Å²) in [7, 11) is 0. The van der Waals surface area contributed by atoms with E-state index < -0.39 is 0 Å². The van der Waals surface area contributed by atoms with Crippen molar-refractivity contribution in [3.05, 3.63) is 36.5 Å². The Bertz CT molecular complexity index is 312. The second-order valence-electron chi connectivity index (χ2n) is 2.15. The van der Waals surface area contributed by atoms with Gasteiger partial charge in [0.05, 0.1) is 0 Å². The zero-order valence-corrected chi connectivity index (χ0v) is 5.78. The van der Waals surface area contributed by atoms with Crippen LogP contribution in [-0.4, -0.2) is 15.4 Å². The molecule has 1 aromatic carbocycles. The van der Waals surface area contributed by atoms with Crippen LogP contribution in [-0.2, 0) is 0 Å². The maximum absolute atomic E-state index is 3.83. The van der Waals surface area contributed by atoms with Gasteiger partial charge in [-0.3, -0.25) is 5.10 Å². The Balaban J connectivity index is 2.46. The van der Waals surface area contributed by atoms with E-state index in [1.54, 1.807) is 0 Å². The number of nitrogens with zero attached hydrogens (tertiary/aromatic N) is 2. The van der Waals surface area contributed by atoms with E-state index in [4.69, 9.17) is 0 Å². The largest absolute Gasteiger partial charge is 0.255 e. The molecule has 1 N–H and O–H groups in total. The number of nitrogens with one attached hydrogen (secondary N) is 1. The number of H-pyrrole nitrogens is 1. The maximum Gasteiger partial charge on any atom is 0.122 e. The fourth-order valence-electron chi connectivity index (χ4n) is 0.904. The Hall–Kier alpha value is -1.64. The Morgan fingerprint density at radius 2 is 2.00 bits per heavy atom. The third-order valence-corrected chi connectivity index (χ3v) is 1.42. The van der Waals surface area contributed by atoms with Gasteiger partial charge in [0.15, 0.2) is 0 Å². The molecule has 11 heavy (non-hydrogen) atoms. The molecular formula is C8H6N3. The summed E-state index contributed by atoms with van der Waals surface area (Å²) in [5, 5.41) is 9.94. The van der Waals surface area contributed by atoms with E-state index in [-0.39, 0.29) is 0 Å². The second kappa shape index (κ2) is 2.54. The number of benzene rings is 1. The Labute approximate surface area is 64.1 Å². The molecule has 1 aromatic heterocycles. The molecule has 0 aliphatic heterocycles. The van der Waals surface area contributed by atoms with Crippen molar-refractivity contribution in [2.24, 2.45) is 0 Å². The van der Waals surface area contributed by atoms with Gasteiger partial charge in [-0.05, 0) is 0 Å². The van der Waals surface area contributed by atoms with Crippen molar-refractivity contribution < 1.29 is 0 Å². The zero-order chi connectivity index (χ0) is 7.52. The maximum atomic E-state index is 3.83. The molecule has 0 fully saturated rings. The molecule has 0 aliphatic rings. The van der Waals surface area contributed by atoms with Crippen LogP contribution in [0.15, 0.2) is 30.3 Å². The van der Waals surface area contributed by atoms with Crippen LogP contribution in [0.5, 0.6) is 0 Å². The van der Waals surface area contributed by atoms with E-state index in [0.29, 0.717) is 0 Å². The van der Waals surface area contributed by atoms with Crippen molar-refractivity contribution >= 4 is 0 Å². The standard InChI is InChI=1S/C8H6N3/c1-2-4-7(5-3-1)8-6-9-11-10-8/h1-5H,(H,9,10,11). The lowest BCUT2D eigenvalue weighted by Gasteiger charge is -1.90. The summed E-state index contributed by atoms with van der Waals surface area (Å²) < 4.78 is 0. The minimum Gasteiger partial charge on any atom is -0.255 e. The smallest absolute Gasteiger partial charge is 0.122 e. The molecule has 0 amide bonds. The van der Waals surface area contributed by atoms with E-state index in [0.717, 1.165) is 11.3 Å². The third kappa shape index (κ3) is 1.12. The summed E-state index contributed by atoms with van der Waals surface area (Å²) in [5.41, 5.74) is 1.78. The summed E-state index contributed by atoms with van der Waals surface area (Å²) in [4.78, 5) is 0. The van der Waals surface area contributed by atoms with Crippen LogP contribution in [0.25, 0.3) is 11.3 Å². The molecule has 0 saturated carbocycles. The predicted octanol–water partition coefficient (Wildman–Crippen LogP) is 1.27. The van der Waals surface area contributed by atoms with Gasteiger partial charge >= 0.3 is 0 Å². The first-order valence-corrected chi connectivity index (χ1v) is 3.31. The molecule has 0 unspecified atom stereocenters. The topological polar surface area (TPSA) is 41.6 Å². The fraction of sp³-hybridized carbons (Fsp3) is 0. The number of hydrogen-bond donors (Lipinski definition) is 1. The molecule has 1 heterocycles. The van der Waals surface area contributed by atoms with Crippen LogP contribution < -0.4 is 0 Å². The Morgan fingerprint density at radius 1 is 1.18 bits per heavy atom. The molecule has 2 aromatic rings. The molecule has 0 bridgehead atoms. The van der Waals surface area contributed by atoms with Crippen LogP contribution in [0.2, 0.25) is 0 Å². The van der Waals surface area contributed by atoms with Gasteiger partial charge in [0.2, 0.25) is 0 Å². The van der Waals surface area contributed by atoms with Crippen molar-refractivity contribution in [2.45, 2.75) is 0 Å². The molecule has 3 heteroatoms. The van der Waals surface area contributed by atoms with Crippen LogP contribution in [0.4, 0.5) is 0 Å². The van der Waals surface area contributed by atoms with Gasteiger partial charge in [0.1, 0.15) is 11.9 Å². The molecule has 1 radical (unpaired) electrons. The van der Waals surface area contributed by atoms with Crippen LogP contribution in [0.1, 0.15) is 0 Å². The molecule has 53 valence electrons. The number of hydrogen-bond acceptors (Lipinski definition) is 2.